The molecule has 1 aliphatic heterocycles. The lowest BCUT2D eigenvalue weighted by Gasteiger charge is -2.20. The molecule has 0 bridgehead atoms. The Morgan fingerprint density at radius 2 is 2.20 bits per heavy atom. The number of halogens is 1. The van der Waals surface area contributed by atoms with E-state index in [4.69, 9.17) is 5.11 Å². The second-order valence-corrected chi connectivity index (χ2v) is 4.09. The van der Waals surface area contributed by atoms with Gasteiger partial charge in [0.05, 0.1) is 6.54 Å². The van der Waals surface area contributed by atoms with Gasteiger partial charge in [-0.05, 0) is 6.42 Å². The summed E-state index contributed by atoms with van der Waals surface area (Å²) in [6.07, 6.45) is 0.576. The van der Waals surface area contributed by atoms with E-state index in [0.717, 1.165) is 0 Å². The van der Waals surface area contributed by atoms with Gasteiger partial charge in [0.15, 0.2) is 0 Å². The average Bonchev–Trinajstić information content (AvgIpc) is 2.60. The van der Waals surface area contributed by atoms with Gasteiger partial charge in [0.25, 0.3) is 0 Å². The molecule has 1 saturated heterocycles. The number of hydrogen-bond donors (Lipinski definition) is 1. The van der Waals surface area contributed by atoms with Crippen LogP contribution in [0.1, 0.15) is 26.7 Å². The number of carboxylic acid groups (broad SMARTS) is 1. The number of nitrogens with zero attached hydrogens (tertiary/aromatic N) is 1. The van der Waals surface area contributed by atoms with E-state index >= 15 is 0 Å². The molecule has 2 unspecified atom stereocenters. The fraction of sp³-hybridized carbons (Fsp3) is 0.800. The van der Waals surface area contributed by atoms with Crippen molar-refractivity contribution < 1.29 is 19.1 Å². The van der Waals surface area contributed by atoms with E-state index in [0.29, 0.717) is 6.42 Å². The molecule has 0 aromatic carbocycles. The summed E-state index contributed by atoms with van der Waals surface area (Å²) in [5.74, 6) is -1.79. The maximum atomic E-state index is 13.6. The number of aliphatic carboxylic acids is 1. The lowest BCUT2D eigenvalue weighted by Crippen LogP contribution is -2.40. The molecule has 4 nitrogen and oxygen atoms in total. The summed E-state index contributed by atoms with van der Waals surface area (Å²) in [4.78, 5) is 23.6. The van der Waals surface area contributed by atoms with Gasteiger partial charge < -0.3 is 10.0 Å². The van der Waals surface area contributed by atoms with Crippen LogP contribution in [0.4, 0.5) is 4.39 Å². The normalized spacial score (nSPS) is 27.8. The van der Waals surface area contributed by atoms with Gasteiger partial charge in [-0.2, -0.15) is 0 Å². The molecule has 15 heavy (non-hydrogen) atoms. The van der Waals surface area contributed by atoms with Crippen molar-refractivity contribution >= 4 is 11.9 Å². The van der Waals surface area contributed by atoms with Crippen molar-refractivity contribution in [2.45, 2.75) is 32.4 Å². The van der Waals surface area contributed by atoms with Gasteiger partial charge in [0.1, 0.15) is 0 Å². The highest BCUT2D eigenvalue weighted by Crippen LogP contribution is 2.27. The highest BCUT2D eigenvalue weighted by molar-refractivity contribution is 5.83. The third kappa shape index (κ3) is 2.27. The molecular weight excluding hydrogens is 201 g/mol. The third-order valence-corrected chi connectivity index (χ3v) is 2.95. The van der Waals surface area contributed by atoms with Gasteiger partial charge in [0, 0.05) is 18.9 Å². The minimum absolute atomic E-state index is 0.107. The van der Waals surface area contributed by atoms with Gasteiger partial charge in [-0.15, -0.1) is 0 Å². The first-order valence-corrected chi connectivity index (χ1v) is 5.12. The zero-order chi connectivity index (χ0) is 11.6. The summed E-state index contributed by atoms with van der Waals surface area (Å²) in [7, 11) is 0. The zero-order valence-corrected chi connectivity index (χ0v) is 8.99. The number of likely N-dealkylation sites (tertiary alicyclic amines) is 1. The van der Waals surface area contributed by atoms with Gasteiger partial charge in [-0.25, -0.2) is 9.18 Å². The van der Waals surface area contributed by atoms with Crippen LogP contribution in [0.15, 0.2) is 0 Å². The molecule has 2 atom stereocenters. The minimum Gasteiger partial charge on any atom is -0.479 e. The van der Waals surface area contributed by atoms with Gasteiger partial charge in [-0.1, -0.05) is 13.8 Å². The van der Waals surface area contributed by atoms with Crippen molar-refractivity contribution in [3.05, 3.63) is 0 Å². The van der Waals surface area contributed by atoms with Crippen LogP contribution >= 0.6 is 0 Å². The zero-order valence-electron chi connectivity index (χ0n) is 8.99. The first kappa shape index (κ1) is 11.9. The highest BCUT2D eigenvalue weighted by Gasteiger charge is 2.47. The molecule has 1 fully saturated rings. The molecule has 0 radical (unpaired) electrons. The second-order valence-electron chi connectivity index (χ2n) is 4.09. The number of rotatable bonds is 3. The largest absolute Gasteiger partial charge is 0.479 e. The molecule has 1 amide bonds. The predicted octanol–water partition coefficient (Wildman–Crippen LogP) is 1.06. The van der Waals surface area contributed by atoms with Gasteiger partial charge >= 0.3 is 5.97 Å². The Balaban J connectivity index is 2.64. The third-order valence-electron chi connectivity index (χ3n) is 2.95. The number of carboxylic acids is 1. The molecule has 0 aromatic heterocycles. The van der Waals surface area contributed by atoms with Crippen molar-refractivity contribution in [2.24, 2.45) is 5.92 Å². The molecule has 1 aliphatic rings. The summed E-state index contributed by atoms with van der Waals surface area (Å²) in [5.41, 5.74) is -2.25. The lowest BCUT2D eigenvalue weighted by molar-refractivity contribution is -0.150. The number of hydrogen-bond acceptors (Lipinski definition) is 2. The topological polar surface area (TPSA) is 57.6 Å². The number of carbonyl (C=O) groups is 2. The fourth-order valence-corrected chi connectivity index (χ4v) is 1.62. The molecule has 0 aliphatic carbocycles. The summed E-state index contributed by atoms with van der Waals surface area (Å²) in [6, 6.07) is 0. The molecule has 5 heteroatoms. The quantitative estimate of drug-likeness (QED) is 0.769. The van der Waals surface area contributed by atoms with Gasteiger partial charge in [-0.3, -0.25) is 4.79 Å². The Morgan fingerprint density at radius 3 is 2.60 bits per heavy atom. The molecule has 0 saturated carbocycles. The standard InChI is InChI=1S/C10H16FNO3/c1-3-7(2)8(13)12-5-4-10(11,6-12)9(14)15/h7H,3-6H2,1-2H3,(H,14,15). The van der Waals surface area contributed by atoms with E-state index in [1.807, 2.05) is 6.92 Å². The maximum Gasteiger partial charge on any atom is 0.343 e. The minimum atomic E-state index is -2.25. The lowest BCUT2D eigenvalue weighted by atomic mass is 10.1. The predicted molar refractivity (Wildman–Crippen MR) is 52.1 cm³/mol. The first-order valence-electron chi connectivity index (χ1n) is 5.12. The number of alkyl halides is 1. The summed E-state index contributed by atoms with van der Waals surface area (Å²) < 4.78 is 13.6. The van der Waals surface area contributed by atoms with Crippen LogP contribution in [-0.2, 0) is 9.59 Å². The fourth-order valence-electron chi connectivity index (χ4n) is 1.62. The van der Waals surface area contributed by atoms with Crippen LogP contribution in [0, 0.1) is 5.92 Å². The summed E-state index contributed by atoms with van der Waals surface area (Å²) >= 11 is 0. The molecular formula is C10H16FNO3. The molecule has 86 valence electrons. The SMILES string of the molecule is CCC(C)C(=O)N1CCC(F)(C(=O)O)C1. The summed E-state index contributed by atoms with van der Waals surface area (Å²) in [5, 5.41) is 8.65. The monoisotopic (exact) mass is 217 g/mol. The average molecular weight is 217 g/mol. The van der Waals surface area contributed by atoms with Gasteiger partial charge in [0.2, 0.25) is 11.6 Å². The molecule has 0 aromatic rings. The first-order chi connectivity index (χ1) is 6.90. The van der Waals surface area contributed by atoms with Crippen LogP contribution in [-0.4, -0.2) is 40.6 Å². The van der Waals surface area contributed by atoms with Crippen LogP contribution in [0.5, 0.6) is 0 Å². The molecule has 1 rings (SSSR count). The van der Waals surface area contributed by atoms with Crippen LogP contribution in [0.3, 0.4) is 0 Å². The second kappa shape index (κ2) is 4.16. The maximum absolute atomic E-state index is 13.6. The van der Waals surface area contributed by atoms with Crippen molar-refractivity contribution in [1.82, 2.24) is 4.90 Å². The molecule has 0 spiro atoms. The smallest absolute Gasteiger partial charge is 0.343 e. The Morgan fingerprint density at radius 1 is 1.60 bits per heavy atom. The number of carbonyl (C=O) groups excluding carboxylic acids is 1. The Labute approximate surface area is 88.1 Å². The Bertz CT molecular complexity index is 282. The van der Waals surface area contributed by atoms with E-state index in [2.05, 4.69) is 0 Å². The molecule has 1 N–H and O–H groups in total. The van der Waals surface area contributed by atoms with E-state index in [1.165, 1.54) is 4.90 Å². The Hall–Kier alpha value is -1.13. The summed E-state index contributed by atoms with van der Waals surface area (Å²) in [6.45, 7) is 3.53. The van der Waals surface area contributed by atoms with Crippen LogP contribution in [0.2, 0.25) is 0 Å². The van der Waals surface area contributed by atoms with E-state index in [1.54, 1.807) is 6.92 Å². The highest BCUT2D eigenvalue weighted by atomic mass is 19.1. The van der Waals surface area contributed by atoms with Crippen molar-refractivity contribution in [1.29, 1.82) is 0 Å². The van der Waals surface area contributed by atoms with E-state index in [9.17, 15) is 14.0 Å². The Kier molecular flexibility index (Phi) is 3.31. The number of amides is 1. The van der Waals surface area contributed by atoms with Crippen molar-refractivity contribution in [2.75, 3.05) is 13.1 Å². The van der Waals surface area contributed by atoms with Crippen LogP contribution in [0.25, 0.3) is 0 Å². The van der Waals surface area contributed by atoms with Crippen LogP contribution < -0.4 is 0 Å². The van der Waals surface area contributed by atoms with Crippen molar-refractivity contribution in [3.8, 4) is 0 Å². The van der Waals surface area contributed by atoms with Crippen molar-refractivity contribution in [3.63, 3.8) is 0 Å². The molecule has 1 heterocycles. The van der Waals surface area contributed by atoms with E-state index in [-0.39, 0.29) is 31.3 Å². The van der Waals surface area contributed by atoms with E-state index < -0.39 is 11.6 Å².